The highest BCUT2D eigenvalue weighted by Crippen LogP contribution is 2.36. The van der Waals surface area contributed by atoms with E-state index in [1.807, 2.05) is 37.3 Å². The number of hydrogen-bond acceptors (Lipinski definition) is 3. The van der Waals surface area contributed by atoms with Crippen molar-refractivity contribution in [3.8, 4) is 0 Å². The van der Waals surface area contributed by atoms with E-state index in [9.17, 15) is 4.79 Å². The summed E-state index contributed by atoms with van der Waals surface area (Å²) in [5, 5.41) is 0. The van der Waals surface area contributed by atoms with Gasteiger partial charge in [0.15, 0.2) is 0 Å². The maximum Gasteiger partial charge on any atom is 0.309 e. The molecule has 98 valence electrons. The van der Waals surface area contributed by atoms with E-state index in [1.165, 1.54) is 0 Å². The maximum atomic E-state index is 11.5. The van der Waals surface area contributed by atoms with Crippen molar-refractivity contribution in [2.45, 2.75) is 45.5 Å². The van der Waals surface area contributed by atoms with Crippen molar-refractivity contribution in [1.82, 2.24) is 0 Å². The van der Waals surface area contributed by atoms with Crippen LogP contribution in [0.4, 0.5) is 0 Å². The fourth-order valence-electron chi connectivity index (χ4n) is 2.19. The molecule has 2 rings (SSSR count). The Kier molecular flexibility index (Phi) is 3.71. The first-order chi connectivity index (χ1) is 8.52. The third-order valence-electron chi connectivity index (χ3n) is 3.77. The van der Waals surface area contributed by atoms with Crippen molar-refractivity contribution in [1.29, 1.82) is 0 Å². The van der Waals surface area contributed by atoms with Crippen molar-refractivity contribution in [3.05, 3.63) is 35.9 Å². The summed E-state index contributed by atoms with van der Waals surface area (Å²) in [6, 6.07) is 9.98. The van der Waals surface area contributed by atoms with E-state index in [-0.39, 0.29) is 18.0 Å². The van der Waals surface area contributed by atoms with Gasteiger partial charge in [0.1, 0.15) is 11.7 Å². The van der Waals surface area contributed by atoms with Crippen LogP contribution in [0.15, 0.2) is 30.3 Å². The molecular formula is C15H20O3. The molecular weight excluding hydrogens is 228 g/mol. The molecule has 18 heavy (non-hydrogen) atoms. The summed E-state index contributed by atoms with van der Waals surface area (Å²) in [7, 11) is 0. The van der Waals surface area contributed by atoms with Crippen LogP contribution in [0, 0.1) is 5.92 Å². The normalized spacial score (nSPS) is 27.6. The quantitative estimate of drug-likeness (QED) is 0.768. The predicted octanol–water partition coefficient (Wildman–Crippen LogP) is 2.93. The lowest BCUT2D eigenvalue weighted by atomic mass is 9.87. The van der Waals surface area contributed by atoms with Crippen LogP contribution in [-0.2, 0) is 20.9 Å². The summed E-state index contributed by atoms with van der Waals surface area (Å²) in [4.78, 5) is 11.5. The first kappa shape index (κ1) is 13.1. The van der Waals surface area contributed by atoms with Crippen molar-refractivity contribution in [2.75, 3.05) is 0 Å². The molecule has 0 spiro atoms. The van der Waals surface area contributed by atoms with E-state index in [0.717, 1.165) is 5.56 Å². The molecule has 3 nitrogen and oxygen atoms in total. The fourth-order valence-corrected chi connectivity index (χ4v) is 2.19. The third-order valence-corrected chi connectivity index (χ3v) is 3.77. The minimum Gasteiger partial charge on any atom is -0.456 e. The Bertz CT molecular complexity index is 413. The van der Waals surface area contributed by atoms with Gasteiger partial charge < -0.3 is 9.47 Å². The minimum absolute atomic E-state index is 0.162. The van der Waals surface area contributed by atoms with Gasteiger partial charge >= 0.3 is 5.97 Å². The van der Waals surface area contributed by atoms with Crippen molar-refractivity contribution >= 4 is 5.97 Å². The predicted molar refractivity (Wildman–Crippen MR) is 69.0 cm³/mol. The van der Waals surface area contributed by atoms with Crippen LogP contribution >= 0.6 is 0 Å². The molecule has 2 atom stereocenters. The zero-order chi connectivity index (χ0) is 13.2. The zero-order valence-corrected chi connectivity index (χ0v) is 11.2. The van der Waals surface area contributed by atoms with E-state index >= 15 is 0 Å². The van der Waals surface area contributed by atoms with Crippen LogP contribution in [0.2, 0.25) is 0 Å². The smallest absolute Gasteiger partial charge is 0.309 e. The first-order valence-corrected chi connectivity index (χ1v) is 6.39. The van der Waals surface area contributed by atoms with Gasteiger partial charge in [-0.05, 0) is 18.4 Å². The van der Waals surface area contributed by atoms with E-state index in [2.05, 4.69) is 13.8 Å². The molecule has 1 aromatic carbocycles. The number of rotatable bonds is 4. The Morgan fingerprint density at radius 1 is 1.39 bits per heavy atom. The highest BCUT2D eigenvalue weighted by Gasteiger charge is 2.48. The largest absolute Gasteiger partial charge is 0.456 e. The van der Waals surface area contributed by atoms with Gasteiger partial charge in [-0.15, -0.1) is 0 Å². The van der Waals surface area contributed by atoms with E-state index in [4.69, 9.17) is 9.47 Å². The standard InChI is InChI=1S/C15H20O3/c1-11(2)15(3)13(9-14(16)18-15)17-10-12-7-5-4-6-8-12/h4-8,11,13H,9-10H2,1-3H3/t13-,15-/m1/s1. The van der Waals surface area contributed by atoms with Crippen LogP contribution in [-0.4, -0.2) is 17.7 Å². The number of carbonyl (C=O) groups is 1. The third kappa shape index (κ3) is 2.56. The molecule has 0 N–H and O–H groups in total. The highest BCUT2D eigenvalue weighted by atomic mass is 16.6. The van der Waals surface area contributed by atoms with Gasteiger partial charge in [-0.2, -0.15) is 0 Å². The Morgan fingerprint density at radius 3 is 2.67 bits per heavy atom. The van der Waals surface area contributed by atoms with Crippen molar-refractivity contribution in [3.63, 3.8) is 0 Å². The molecule has 0 unspecified atom stereocenters. The molecule has 0 bridgehead atoms. The number of esters is 1. The number of ether oxygens (including phenoxy) is 2. The summed E-state index contributed by atoms with van der Waals surface area (Å²) in [5.41, 5.74) is 0.606. The van der Waals surface area contributed by atoms with E-state index in [1.54, 1.807) is 0 Å². The number of cyclic esters (lactones) is 1. The van der Waals surface area contributed by atoms with Crippen molar-refractivity contribution in [2.24, 2.45) is 5.92 Å². The Labute approximate surface area is 108 Å². The van der Waals surface area contributed by atoms with Gasteiger partial charge in [0.2, 0.25) is 0 Å². The topological polar surface area (TPSA) is 35.5 Å². The Morgan fingerprint density at radius 2 is 2.06 bits per heavy atom. The summed E-state index contributed by atoms with van der Waals surface area (Å²) in [5.74, 6) is 0.0778. The van der Waals surface area contributed by atoms with E-state index in [0.29, 0.717) is 13.0 Å². The van der Waals surface area contributed by atoms with Gasteiger partial charge in [-0.25, -0.2) is 0 Å². The molecule has 3 heteroatoms. The molecule has 0 aliphatic carbocycles. The molecule has 0 aromatic heterocycles. The van der Waals surface area contributed by atoms with Crippen LogP contribution in [0.5, 0.6) is 0 Å². The summed E-state index contributed by atoms with van der Waals surface area (Å²) in [6.07, 6.45) is 0.187. The Balaban J connectivity index is 2.02. The van der Waals surface area contributed by atoms with Crippen LogP contribution < -0.4 is 0 Å². The summed E-state index contributed by atoms with van der Waals surface area (Å²) < 4.78 is 11.3. The van der Waals surface area contributed by atoms with Gasteiger partial charge in [0.25, 0.3) is 0 Å². The number of carbonyl (C=O) groups excluding carboxylic acids is 1. The maximum absolute atomic E-state index is 11.5. The molecule has 1 heterocycles. The van der Waals surface area contributed by atoms with Gasteiger partial charge in [0.05, 0.1) is 13.0 Å². The van der Waals surface area contributed by atoms with E-state index < -0.39 is 5.60 Å². The SMILES string of the molecule is CC(C)[C@@]1(C)OC(=O)C[C@H]1OCc1ccccc1. The molecule has 1 fully saturated rings. The zero-order valence-electron chi connectivity index (χ0n) is 11.2. The molecule has 1 aliphatic heterocycles. The van der Waals surface area contributed by atoms with Crippen LogP contribution in [0.1, 0.15) is 32.8 Å². The monoisotopic (exact) mass is 248 g/mol. The van der Waals surface area contributed by atoms with Crippen molar-refractivity contribution < 1.29 is 14.3 Å². The first-order valence-electron chi connectivity index (χ1n) is 6.39. The second kappa shape index (κ2) is 5.11. The minimum atomic E-state index is -0.508. The van der Waals surface area contributed by atoms with Gasteiger partial charge in [0, 0.05) is 0 Å². The summed E-state index contributed by atoms with van der Waals surface area (Å²) in [6.45, 7) is 6.58. The van der Waals surface area contributed by atoms with Crippen LogP contribution in [0.25, 0.3) is 0 Å². The average molecular weight is 248 g/mol. The number of benzene rings is 1. The molecule has 1 saturated heterocycles. The number of hydrogen-bond donors (Lipinski definition) is 0. The highest BCUT2D eigenvalue weighted by molar-refractivity contribution is 5.73. The molecule has 0 amide bonds. The Hall–Kier alpha value is -1.35. The second-order valence-electron chi connectivity index (χ2n) is 5.30. The molecule has 1 aromatic rings. The van der Waals surface area contributed by atoms with Gasteiger partial charge in [-0.1, -0.05) is 44.2 Å². The lowest BCUT2D eigenvalue weighted by Gasteiger charge is -2.33. The van der Waals surface area contributed by atoms with Crippen LogP contribution in [0.3, 0.4) is 0 Å². The lowest BCUT2D eigenvalue weighted by molar-refractivity contribution is -0.156. The van der Waals surface area contributed by atoms with Gasteiger partial charge in [-0.3, -0.25) is 4.79 Å². The lowest BCUT2D eigenvalue weighted by Crippen LogP contribution is -2.42. The fraction of sp³-hybridized carbons (Fsp3) is 0.533. The molecule has 0 radical (unpaired) electrons. The second-order valence-corrected chi connectivity index (χ2v) is 5.30. The summed E-state index contributed by atoms with van der Waals surface area (Å²) >= 11 is 0. The molecule has 0 saturated carbocycles. The average Bonchev–Trinajstić information content (AvgIpc) is 2.64. The molecule has 1 aliphatic rings.